The van der Waals surface area contributed by atoms with Crippen molar-refractivity contribution in [3.8, 4) is 0 Å². The van der Waals surface area contributed by atoms with Crippen molar-refractivity contribution in [3.63, 3.8) is 0 Å². The average molecular weight is 370 g/mol. The summed E-state index contributed by atoms with van der Waals surface area (Å²) in [6.07, 6.45) is 1.68. The minimum absolute atomic E-state index is 0.0312. The zero-order chi connectivity index (χ0) is 19.1. The van der Waals surface area contributed by atoms with Crippen molar-refractivity contribution in [3.05, 3.63) is 39.8 Å². The van der Waals surface area contributed by atoms with Crippen LogP contribution in [0.25, 0.3) is 11.0 Å². The molecule has 2 saturated heterocycles. The molecule has 7 heteroatoms. The summed E-state index contributed by atoms with van der Waals surface area (Å²) in [5, 5.41) is 0.500. The third-order valence-corrected chi connectivity index (χ3v) is 5.54. The van der Waals surface area contributed by atoms with E-state index in [0.29, 0.717) is 37.3 Å². The van der Waals surface area contributed by atoms with Crippen LogP contribution in [0.2, 0.25) is 0 Å². The van der Waals surface area contributed by atoms with Gasteiger partial charge < -0.3 is 19.1 Å². The van der Waals surface area contributed by atoms with Gasteiger partial charge in [0.1, 0.15) is 11.2 Å². The standard InChI is InChI=1S/C20H26N4O3/c1-4-23-10-17(18(25)16-6-5-13(2)21-19(16)23)20(26)24-8-14-7-22(3)9-15(24)12-27-11-14/h5-6,10,14-15H,4,7-9,11-12H2,1-3H3/t14-,15-/m0/s1. The van der Waals surface area contributed by atoms with E-state index >= 15 is 0 Å². The second kappa shape index (κ2) is 7.05. The van der Waals surface area contributed by atoms with E-state index < -0.39 is 0 Å². The molecule has 0 aromatic carbocycles. The van der Waals surface area contributed by atoms with Crippen molar-refractivity contribution in [2.45, 2.75) is 26.4 Å². The van der Waals surface area contributed by atoms with Crippen molar-refractivity contribution in [1.82, 2.24) is 19.4 Å². The fraction of sp³-hybridized carbons (Fsp3) is 0.550. The smallest absolute Gasteiger partial charge is 0.259 e. The summed E-state index contributed by atoms with van der Waals surface area (Å²) in [5.41, 5.74) is 1.48. The zero-order valence-electron chi connectivity index (χ0n) is 16.1. The molecule has 4 heterocycles. The fourth-order valence-electron chi connectivity index (χ4n) is 4.23. The van der Waals surface area contributed by atoms with Gasteiger partial charge in [-0.2, -0.15) is 0 Å². The largest absolute Gasteiger partial charge is 0.379 e. The summed E-state index contributed by atoms with van der Waals surface area (Å²) in [6.45, 7) is 8.00. The number of pyridine rings is 2. The Morgan fingerprint density at radius 1 is 1.26 bits per heavy atom. The highest BCUT2D eigenvalue weighted by Crippen LogP contribution is 2.21. The Morgan fingerprint density at radius 2 is 2.07 bits per heavy atom. The molecule has 2 bridgehead atoms. The van der Waals surface area contributed by atoms with Crippen LogP contribution in [0.5, 0.6) is 0 Å². The number of amides is 1. The quantitative estimate of drug-likeness (QED) is 0.793. The maximum atomic E-state index is 13.4. The lowest BCUT2D eigenvalue weighted by Crippen LogP contribution is -2.47. The van der Waals surface area contributed by atoms with Gasteiger partial charge in [-0.15, -0.1) is 0 Å². The van der Waals surface area contributed by atoms with Gasteiger partial charge in [-0.05, 0) is 33.0 Å². The predicted octanol–water partition coefficient (Wildman–Crippen LogP) is 1.13. The molecule has 7 nitrogen and oxygen atoms in total. The number of aryl methyl sites for hydroxylation is 2. The number of aromatic nitrogens is 2. The topological polar surface area (TPSA) is 67.7 Å². The van der Waals surface area contributed by atoms with Gasteiger partial charge in [0, 0.05) is 44.0 Å². The number of carbonyl (C=O) groups excluding carboxylic acids is 1. The summed E-state index contributed by atoms with van der Waals surface area (Å²) in [5.74, 6) is 0.0742. The number of hydrogen-bond donors (Lipinski definition) is 0. The van der Waals surface area contributed by atoms with Gasteiger partial charge >= 0.3 is 0 Å². The molecule has 2 aromatic rings. The lowest BCUT2D eigenvalue weighted by Gasteiger charge is -2.29. The summed E-state index contributed by atoms with van der Waals surface area (Å²) in [4.78, 5) is 35.1. The van der Waals surface area contributed by atoms with Crippen LogP contribution in [0.15, 0.2) is 23.1 Å². The molecular formula is C20H26N4O3. The van der Waals surface area contributed by atoms with Gasteiger partial charge in [-0.25, -0.2) is 4.98 Å². The molecule has 0 spiro atoms. The fourth-order valence-corrected chi connectivity index (χ4v) is 4.23. The van der Waals surface area contributed by atoms with E-state index in [9.17, 15) is 9.59 Å². The van der Waals surface area contributed by atoms with Crippen LogP contribution in [0.3, 0.4) is 0 Å². The lowest BCUT2D eigenvalue weighted by atomic mass is 10.1. The molecule has 0 radical (unpaired) electrons. The SMILES string of the molecule is CCn1cc(C(=O)N2C[C@H]3COC[C@@H]2CN(C)C3)c(=O)c2ccc(C)nc21. The van der Waals surface area contributed by atoms with Crippen molar-refractivity contribution in [2.75, 3.05) is 39.9 Å². The Labute approximate surface area is 158 Å². The number of rotatable bonds is 2. The second-order valence-corrected chi connectivity index (χ2v) is 7.72. The molecule has 2 atom stereocenters. The summed E-state index contributed by atoms with van der Waals surface area (Å²) < 4.78 is 7.66. The highest BCUT2D eigenvalue weighted by molar-refractivity contribution is 5.97. The first-order chi connectivity index (χ1) is 13.0. The monoisotopic (exact) mass is 370 g/mol. The van der Waals surface area contributed by atoms with E-state index in [2.05, 4.69) is 16.9 Å². The molecule has 4 rings (SSSR count). The molecule has 2 fully saturated rings. The number of ether oxygens (including phenoxy) is 1. The number of fused-ring (bicyclic) bond motifs is 4. The minimum Gasteiger partial charge on any atom is -0.379 e. The van der Waals surface area contributed by atoms with Gasteiger partial charge in [0.15, 0.2) is 0 Å². The zero-order valence-corrected chi connectivity index (χ0v) is 16.1. The van der Waals surface area contributed by atoms with Crippen LogP contribution in [0.4, 0.5) is 0 Å². The third kappa shape index (κ3) is 3.26. The van der Waals surface area contributed by atoms with Crippen LogP contribution >= 0.6 is 0 Å². The summed E-state index contributed by atoms with van der Waals surface area (Å²) in [7, 11) is 2.08. The second-order valence-electron chi connectivity index (χ2n) is 7.72. The van der Waals surface area contributed by atoms with Crippen molar-refractivity contribution >= 4 is 16.9 Å². The van der Waals surface area contributed by atoms with Crippen LogP contribution in [0.1, 0.15) is 23.0 Å². The molecule has 2 aromatic heterocycles. The number of hydrogen-bond acceptors (Lipinski definition) is 5. The molecule has 144 valence electrons. The maximum absolute atomic E-state index is 13.4. The van der Waals surface area contributed by atoms with E-state index in [1.165, 1.54) is 0 Å². The van der Waals surface area contributed by atoms with Crippen molar-refractivity contribution in [2.24, 2.45) is 5.92 Å². The maximum Gasteiger partial charge on any atom is 0.259 e. The first-order valence-corrected chi connectivity index (χ1v) is 9.56. The van der Waals surface area contributed by atoms with E-state index in [0.717, 1.165) is 18.8 Å². The average Bonchev–Trinajstić information content (AvgIpc) is 2.91. The van der Waals surface area contributed by atoms with Gasteiger partial charge in [0.25, 0.3) is 5.91 Å². The van der Waals surface area contributed by atoms with Crippen LogP contribution < -0.4 is 5.43 Å². The molecule has 0 unspecified atom stereocenters. The molecular weight excluding hydrogens is 344 g/mol. The Kier molecular flexibility index (Phi) is 4.74. The number of likely N-dealkylation sites (N-methyl/N-ethyl adjacent to an activating group) is 1. The molecule has 2 aliphatic heterocycles. The first-order valence-electron chi connectivity index (χ1n) is 9.56. The van der Waals surface area contributed by atoms with Gasteiger partial charge in [0.05, 0.1) is 24.6 Å². The van der Waals surface area contributed by atoms with Crippen molar-refractivity contribution < 1.29 is 9.53 Å². The Morgan fingerprint density at radius 3 is 2.85 bits per heavy atom. The highest BCUT2D eigenvalue weighted by Gasteiger charge is 2.36. The normalized spacial score (nSPS) is 23.4. The minimum atomic E-state index is -0.236. The Hall–Kier alpha value is -2.25. The molecule has 0 saturated carbocycles. The van der Waals surface area contributed by atoms with Crippen LogP contribution in [0, 0.1) is 12.8 Å². The van der Waals surface area contributed by atoms with Crippen LogP contribution in [-0.2, 0) is 11.3 Å². The Bertz CT molecular complexity index is 939. The number of nitrogens with zero attached hydrogens (tertiary/aromatic N) is 4. The van der Waals surface area contributed by atoms with E-state index in [1.807, 2.05) is 29.4 Å². The molecule has 27 heavy (non-hydrogen) atoms. The first kappa shape index (κ1) is 18.1. The molecule has 2 aliphatic rings. The Balaban J connectivity index is 1.80. The van der Waals surface area contributed by atoms with E-state index in [4.69, 9.17) is 4.74 Å². The summed E-state index contributed by atoms with van der Waals surface area (Å²) >= 11 is 0. The van der Waals surface area contributed by atoms with E-state index in [-0.39, 0.29) is 28.9 Å². The van der Waals surface area contributed by atoms with Crippen LogP contribution in [-0.4, -0.2) is 71.2 Å². The third-order valence-electron chi connectivity index (χ3n) is 5.54. The molecule has 0 N–H and O–H groups in total. The molecule has 1 amide bonds. The van der Waals surface area contributed by atoms with Gasteiger partial charge in [-0.3, -0.25) is 9.59 Å². The lowest BCUT2D eigenvalue weighted by molar-refractivity contribution is 0.0482. The predicted molar refractivity (Wildman–Crippen MR) is 103 cm³/mol. The van der Waals surface area contributed by atoms with Gasteiger partial charge in [-0.1, -0.05) is 0 Å². The van der Waals surface area contributed by atoms with E-state index in [1.54, 1.807) is 12.3 Å². The summed E-state index contributed by atoms with van der Waals surface area (Å²) in [6, 6.07) is 3.57. The number of carbonyl (C=O) groups is 1. The van der Waals surface area contributed by atoms with Gasteiger partial charge in [0.2, 0.25) is 5.43 Å². The van der Waals surface area contributed by atoms with Crippen molar-refractivity contribution in [1.29, 1.82) is 0 Å². The molecule has 0 aliphatic carbocycles. The highest BCUT2D eigenvalue weighted by atomic mass is 16.5.